The van der Waals surface area contributed by atoms with Gasteiger partial charge in [0, 0.05) is 23.3 Å². The quantitative estimate of drug-likeness (QED) is 0.850. The van der Waals surface area contributed by atoms with Gasteiger partial charge in [-0.25, -0.2) is 0 Å². The van der Waals surface area contributed by atoms with Crippen molar-refractivity contribution in [1.82, 2.24) is 4.90 Å². The van der Waals surface area contributed by atoms with Gasteiger partial charge in [-0.15, -0.1) is 11.3 Å². The van der Waals surface area contributed by atoms with E-state index < -0.39 is 0 Å². The van der Waals surface area contributed by atoms with Gasteiger partial charge in [-0.05, 0) is 19.0 Å². The number of thiophene rings is 1. The van der Waals surface area contributed by atoms with E-state index in [4.69, 9.17) is 17.3 Å². The van der Waals surface area contributed by atoms with Gasteiger partial charge >= 0.3 is 0 Å². The van der Waals surface area contributed by atoms with Crippen molar-refractivity contribution in [1.29, 1.82) is 0 Å². The molecule has 92 valence electrons. The third kappa shape index (κ3) is 3.74. The molecule has 0 fully saturated rings. The smallest absolute Gasteiger partial charge is 0.0562 e. The van der Waals surface area contributed by atoms with Crippen LogP contribution in [0.3, 0.4) is 0 Å². The van der Waals surface area contributed by atoms with Crippen LogP contribution in [-0.2, 0) is 0 Å². The molecule has 2 unspecified atom stereocenters. The second kappa shape index (κ2) is 6.60. The molecule has 16 heavy (non-hydrogen) atoms. The van der Waals surface area contributed by atoms with E-state index in [0.717, 1.165) is 11.6 Å². The standard InChI is InChI=1S/C12H21ClN2S/c1-4-9(2)7-15(3)11(6-14)12-5-10(13)8-16-12/h5,8-9,11H,4,6-7,14H2,1-3H3. The van der Waals surface area contributed by atoms with Crippen molar-refractivity contribution in [2.45, 2.75) is 26.3 Å². The molecule has 1 heterocycles. The molecule has 4 heteroatoms. The summed E-state index contributed by atoms with van der Waals surface area (Å²) in [6.45, 7) is 6.21. The van der Waals surface area contributed by atoms with Crippen LogP contribution in [0.4, 0.5) is 0 Å². The van der Waals surface area contributed by atoms with Crippen molar-refractivity contribution in [3.8, 4) is 0 Å². The van der Waals surface area contributed by atoms with Crippen LogP contribution in [0.5, 0.6) is 0 Å². The molecule has 0 aliphatic heterocycles. The zero-order valence-corrected chi connectivity index (χ0v) is 11.8. The molecule has 0 spiro atoms. The molecule has 2 nitrogen and oxygen atoms in total. The lowest BCUT2D eigenvalue weighted by Crippen LogP contribution is -2.33. The summed E-state index contributed by atoms with van der Waals surface area (Å²) in [5, 5.41) is 2.78. The normalized spacial score (nSPS) is 15.4. The second-order valence-electron chi connectivity index (χ2n) is 4.37. The van der Waals surface area contributed by atoms with E-state index in [1.54, 1.807) is 11.3 Å². The molecule has 0 amide bonds. The van der Waals surface area contributed by atoms with E-state index >= 15 is 0 Å². The maximum absolute atomic E-state index is 5.95. The highest BCUT2D eigenvalue weighted by Crippen LogP contribution is 2.28. The van der Waals surface area contributed by atoms with Gasteiger partial charge in [0.05, 0.1) is 11.1 Å². The van der Waals surface area contributed by atoms with Crippen molar-refractivity contribution in [2.75, 3.05) is 20.1 Å². The fraction of sp³-hybridized carbons (Fsp3) is 0.667. The number of nitrogens with zero attached hydrogens (tertiary/aromatic N) is 1. The molecule has 1 aromatic rings. The van der Waals surface area contributed by atoms with Crippen molar-refractivity contribution < 1.29 is 0 Å². The number of hydrogen-bond donors (Lipinski definition) is 1. The highest BCUT2D eigenvalue weighted by atomic mass is 35.5. The van der Waals surface area contributed by atoms with Crippen molar-refractivity contribution in [3.63, 3.8) is 0 Å². The topological polar surface area (TPSA) is 29.3 Å². The van der Waals surface area contributed by atoms with Crippen LogP contribution in [0.15, 0.2) is 11.4 Å². The van der Waals surface area contributed by atoms with E-state index in [-0.39, 0.29) is 0 Å². The van der Waals surface area contributed by atoms with Crippen LogP contribution in [0.2, 0.25) is 5.02 Å². The zero-order chi connectivity index (χ0) is 12.1. The summed E-state index contributed by atoms with van der Waals surface area (Å²) in [5.41, 5.74) is 5.85. The van der Waals surface area contributed by atoms with Gasteiger partial charge < -0.3 is 5.73 Å². The molecule has 2 atom stereocenters. The Bertz CT molecular complexity index is 314. The Hall–Kier alpha value is -0.0900. The Morgan fingerprint density at radius 2 is 2.25 bits per heavy atom. The van der Waals surface area contributed by atoms with Crippen LogP contribution in [0.25, 0.3) is 0 Å². The first-order valence-corrected chi connectivity index (χ1v) is 6.98. The fourth-order valence-electron chi connectivity index (χ4n) is 1.76. The van der Waals surface area contributed by atoms with E-state index in [1.807, 2.05) is 11.4 Å². The molecule has 1 aromatic heterocycles. The number of likely N-dealkylation sites (N-methyl/N-ethyl adjacent to an activating group) is 1. The lowest BCUT2D eigenvalue weighted by Gasteiger charge is -2.28. The highest BCUT2D eigenvalue weighted by Gasteiger charge is 2.18. The van der Waals surface area contributed by atoms with Crippen molar-refractivity contribution in [2.24, 2.45) is 11.7 Å². The molecule has 0 aromatic carbocycles. The molecule has 0 aliphatic carbocycles. The number of rotatable bonds is 6. The Morgan fingerprint density at radius 3 is 2.69 bits per heavy atom. The van der Waals surface area contributed by atoms with E-state index in [2.05, 4.69) is 25.8 Å². The fourth-order valence-corrected chi connectivity index (χ4v) is 3.03. The van der Waals surface area contributed by atoms with Gasteiger partial charge in [-0.1, -0.05) is 31.9 Å². The number of halogens is 1. The van der Waals surface area contributed by atoms with Crippen molar-refractivity contribution >= 4 is 22.9 Å². The van der Waals surface area contributed by atoms with Gasteiger partial charge in [0.1, 0.15) is 0 Å². The Morgan fingerprint density at radius 1 is 1.56 bits per heavy atom. The number of nitrogens with two attached hydrogens (primary N) is 1. The molecule has 0 radical (unpaired) electrons. The summed E-state index contributed by atoms with van der Waals surface area (Å²) < 4.78 is 0. The van der Waals surface area contributed by atoms with Crippen LogP contribution in [0, 0.1) is 5.92 Å². The van der Waals surface area contributed by atoms with Crippen LogP contribution in [0.1, 0.15) is 31.2 Å². The SMILES string of the molecule is CCC(C)CN(C)C(CN)c1cc(Cl)cs1. The van der Waals surface area contributed by atoms with Gasteiger partial charge in [-0.3, -0.25) is 4.90 Å². The van der Waals surface area contributed by atoms with Crippen LogP contribution in [-0.4, -0.2) is 25.0 Å². The maximum Gasteiger partial charge on any atom is 0.0562 e. The summed E-state index contributed by atoms with van der Waals surface area (Å²) in [5.74, 6) is 0.703. The lowest BCUT2D eigenvalue weighted by molar-refractivity contribution is 0.218. The first-order valence-electron chi connectivity index (χ1n) is 5.72. The van der Waals surface area contributed by atoms with Crippen molar-refractivity contribution in [3.05, 3.63) is 21.3 Å². The van der Waals surface area contributed by atoms with Gasteiger partial charge in [-0.2, -0.15) is 0 Å². The Balaban J connectivity index is 2.66. The molecule has 2 N–H and O–H groups in total. The minimum atomic E-state index is 0.298. The molecule has 0 saturated heterocycles. The molecule has 0 bridgehead atoms. The lowest BCUT2D eigenvalue weighted by atomic mass is 10.1. The third-order valence-corrected chi connectivity index (χ3v) is 4.35. The van der Waals surface area contributed by atoms with E-state index in [0.29, 0.717) is 18.5 Å². The predicted octanol–water partition coefficient (Wildman–Crippen LogP) is 3.38. The third-order valence-electron chi connectivity index (χ3n) is 2.97. The van der Waals surface area contributed by atoms with Gasteiger partial charge in [0.15, 0.2) is 0 Å². The summed E-state index contributed by atoms with van der Waals surface area (Å²) in [4.78, 5) is 3.59. The Labute approximate surface area is 107 Å². The molecular formula is C12H21ClN2S. The summed E-state index contributed by atoms with van der Waals surface area (Å²) >= 11 is 7.64. The largest absolute Gasteiger partial charge is 0.329 e. The summed E-state index contributed by atoms with van der Waals surface area (Å²) in [6.07, 6.45) is 1.20. The molecule has 0 saturated carbocycles. The van der Waals surface area contributed by atoms with Crippen LogP contribution < -0.4 is 5.73 Å². The van der Waals surface area contributed by atoms with E-state index in [1.165, 1.54) is 11.3 Å². The molecular weight excluding hydrogens is 240 g/mol. The van der Waals surface area contributed by atoms with Gasteiger partial charge in [0.2, 0.25) is 0 Å². The van der Waals surface area contributed by atoms with E-state index in [9.17, 15) is 0 Å². The summed E-state index contributed by atoms with van der Waals surface area (Å²) in [6, 6.07) is 2.32. The minimum Gasteiger partial charge on any atom is -0.329 e. The monoisotopic (exact) mass is 260 g/mol. The average Bonchev–Trinajstić information content (AvgIpc) is 2.65. The Kier molecular flexibility index (Phi) is 5.76. The first kappa shape index (κ1) is 14.0. The maximum atomic E-state index is 5.95. The highest BCUT2D eigenvalue weighted by molar-refractivity contribution is 7.10. The van der Waals surface area contributed by atoms with Crippen LogP contribution >= 0.6 is 22.9 Å². The predicted molar refractivity (Wildman–Crippen MR) is 73.2 cm³/mol. The zero-order valence-electron chi connectivity index (χ0n) is 10.2. The van der Waals surface area contributed by atoms with Gasteiger partial charge in [0.25, 0.3) is 0 Å². The average molecular weight is 261 g/mol. The number of hydrogen-bond acceptors (Lipinski definition) is 3. The second-order valence-corrected chi connectivity index (χ2v) is 5.75. The summed E-state index contributed by atoms with van der Waals surface area (Å²) in [7, 11) is 2.14. The molecule has 1 rings (SSSR count). The first-order chi connectivity index (χ1) is 7.58. The minimum absolute atomic E-state index is 0.298. The molecule has 0 aliphatic rings.